The molecule has 3 nitrogen and oxygen atoms in total. The number of carbonyl (C=O) groups excluding carboxylic acids is 1. The molecule has 1 aliphatic carbocycles. The van der Waals surface area contributed by atoms with E-state index in [2.05, 4.69) is 10.6 Å². The van der Waals surface area contributed by atoms with Gasteiger partial charge in [-0.05, 0) is 30.5 Å². The Hall–Kier alpha value is -1.20. The zero-order valence-electron chi connectivity index (χ0n) is 11.3. The summed E-state index contributed by atoms with van der Waals surface area (Å²) in [6, 6.07) is 3.53. The van der Waals surface area contributed by atoms with Gasteiger partial charge < -0.3 is 10.6 Å². The molecule has 2 atom stereocenters. The summed E-state index contributed by atoms with van der Waals surface area (Å²) < 4.78 is 26.3. The number of hydrogen-bond acceptors (Lipinski definition) is 2. The highest BCUT2D eigenvalue weighted by molar-refractivity contribution is 5.85. The molecule has 0 spiro atoms. The third-order valence-electron chi connectivity index (χ3n) is 3.34. The van der Waals surface area contributed by atoms with E-state index in [9.17, 15) is 13.6 Å². The summed E-state index contributed by atoms with van der Waals surface area (Å²) in [6.45, 7) is 4.16. The number of benzene rings is 1. The smallest absolute Gasteiger partial charge is 0.223 e. The van der Waals surface area contributed by atoms with Gasteiger partial charge in [-0.2, -0.15) is 0 Å². The number of hydrogen-bond donors (Lipinski definition) is 2. The molecular weight excluding hydrogens is 286 g/mol. The minimum atomic E-state index is -0.589. The van der Waals surface area contributed by atoms with Crippen LogP contribution in [0.2, 0.25) is 0 Å². The fraction of sp³-hybridized carbons (Fsp3) is 0.500. The molecule has 20 heavy (non-hydrogen) atoms. The van der Waals surface area contributed by atoms with Crippen LogP contribution in [0.15, 0.2) is 18.2 Å². The van der Waals surface area contributed by atoms with Crippen molar-refractivity contribution in [2.24, 2.45) is 5.92 Å². The van der Waals surface area contributed by atoms with Crippen molar-refractivity contribution in [1.29, 1.82) is 0 Å². The molecule has 0 heterocycles. The lowest BCUT2D eigenvalue weighted by atomic mass is 10.1. The average molecular weight is 305 g/mol. The quantitative estimate of drug-likeness (QED) is 0.791. The van der Waals surface area contributed by atoms with Crippen LogP contribution >= 0.6 is 12.4 Å². The predicted octanol–water partition coefficient (Wildman–Crippen LogP) is 2.22. The van der Waals surface area contributed by atoms with Gasteiger partial charge in [-0.3, -0.25) is 4.79 Å². The largest absolute Gasteiger partial charge is 0.355 e. The highest BCUT2D eigenvalue weighted by Gasteiger charge is 2.45. The molecule has 1 aromatic rings. The Morgan fingerprint density at radius 1 is 1.35 bits per heavy atom. The van der Waals surface area contributed by atoms with Crippen LogP contribution in [0.25, 0.3) is 0 Å². The van der Waals surface area contributed by atoms with Crippen molar-refractivity contribution in [3.8, 4) is 0 Å². The van der Waals surface area contributed by atoms with Crippen molar-refractivity contribution < 1.29 is 13.6 Å². The third kappa shape index (κ3) is 4.15. The number of carbonyl (C=O) groups is 1. The fourth-order valence-electron chi connectivity index (χ4n) is 2.21. The molecule has 0 aliphatic heterocycles. The van der Waals surface area contributed by atoms with Gasteiger partial charge in [0.1, 0.15) is 11.6 Å². The number of rotatable bonds is 6. The summed E-state index contributed by atoms with van der Waals surface area (Å²) in [7, 11) is 0. The lowest BCUT2D eigenvalue weighted by molar-refractivity contribution is -0.122. The van der Waals surface area contributed by atoms with Crippen LogP contribution in [0.3, 0.4) is 0 Å². The minimum Gasteiger partial charge on any atom is -0.355 e. The Morgan fingerprint density at radius 3 is 2.75 bits per heavy atom. The number of amides is 1. The molecule has 1 aliphatic rings. The highest BCUT2D eigenvalue weighted by Crippen LogP contribution is 2.48. The molecule has 2 unspecified atom stereocenters. The second-order valence-corrected chi connectivity index (χ2v) is 4.76. The first-order chi connectivity index (χ1) is 9.13. The minimum absolute atomic E-state index is 0. The molecule has 0 bridgehead atoms. The Balaban J connectivity index is 0.00000200. The zero-order valence-corrected chi connectivity index (χ0v) is 12.1. The maximum absolute atomic E-state index is 13.5. The van der Waals surface area contributed by atoms with Crippen molar-refractivity contribution in [3.05, 3.63) is 35.4 Å². The Bertz CT molecular complexity index is 470. The Morgan fingerprint density at radius 2 is 2.10 bits per heavy atom. The van der Waals surface area contributed by atoms with Crippen molar-refractivity contribution >= 4 is 18.3 Å². The van der Waals surface area contributed by atoms with E-state index in [1.165, 1.54) is 12.1 Å². The van der Waals surface area contributed by atoms with Crippen LogP contribution in [-0.4, -0.2) is 25.5 Å². The van der Waals surface area contributed by atoms with E-state index in [1.807, 2.05) is 6.92 Å². The van der Waals surface area contributed by atoms with Gasteiger partial charge in [-0.15, -0.1) is 12.4 Å². The highest BCUT2D eigenvalue weighted by atomic mass is 35.5. The standard InChI is InChI=1S/C14H18F2N2O.ClH/c1-2-17-5-6-18-14(19)12-8-11(12)10-4-3-9(15)7-13(10)16;/h3-4,7,11-12,17H,2,5-6,8H2,1H3,(H,18,19);1H. The Kier molecular flexibility index (Phi) is 6.36. The van der Waals surface area contributed by atoms with E-state index in [0.29, 0.717) is 18.5 Å². The molecule has 1 amide bonds. The van der Waals surface area contributed by atoms with Gasteiger partial charge >= 0.3 is 0 Å². The number of nitrogens with one attached hydrogen (secondary N) is 2. The van der Waals surface area contributed by atoms with Crippen molar-refractivity contribution in [2.45, 2.75) is 19.3 Å². The SMILES string of the molecule is CCNCCNC(=O)C1CC1c1ccc(F)cc1F.Cl. The van der Waals surface area contributed by atoms with Crippen LogP contribution in [-0.2, 0) is 4.79 Å². The summed E-state index contributed by atoms with van der Waals surface area (Å²) in [5.74, 6) is -1.49. The van der Waals surface area contributed by atoms with Gasteiger partial charge in [0.05, 0.1) is 0 Å². The average Bonchev–Trinajstić information content (AvgIpc) is 3.14. The van der Waals surface area contributed by atoms with E-state index in [1.54, 1.807) is 0 Å². The van der Waals surface area contributed by atoms with Crippen molar-refractivity contribution in [3.63, 3.8) is 0 Å². The monoisotopic (exact) mass is 304 g/mol. The molecule has 1 fully saturated rings. The molecule has 1 aromatic carbocycles. The predicted molar refractivity (Wildman–Crippen MR) is 76.0 cm³/mol. The summed E-state index contributed by atoms with van der Waals surface area (Å²) in [4.78, 5) is 11.8. The Labute approximate surface area is 123 Å². The van der Waals surface area contributed by atoms with Gasteiger partial charge in [-0.1, -0.05) is 13.0 Å². The molecule has 0 aromatic heterocycles. The van der Waals surface area contributed by atoms with E-state index >= 15 is 0 Å². The number of likely N-dealkylation sites (N-methyl/N-ethyl adjacent to an activating group) is 1. The van der Waals surface area contributed by atoms with Gasteiger partial charge in [0.2, 0.25) is 5.91 Å². The first-order valence-corrected chi connectivity index (χ1v) is 6.57. The lowest BCUT2D eigenvalue weighted by Crippen LogP contribution is -2.32. The van der Waals surface area contributed by atoms with Crippen LogP contribution in [0, 0.1) is 17.6 Å². The van der Waals surface area contributed by atoms with E-state index < -0.39 is 11.6 Å². The van der Waals surface area contributed by atoms with Crippen molar-refractivity contribution in [2.75, 3.05) is 19.6 Å². The summed E-state index contributed by atoms with van der Waals surface area (Å²) in [5.41, 5.74) is 0.438. The summed E-state index contributed by atoms with van der Waals surface area (Å²) in [5, 5.41) is 5.92. The first-order valence-electron chi connectivity index (χ1n) is 6.57. The second-order valence-electron chi connectivity index (χ2n) is 4.76. The van der Waals surface area contributed by atoms with Gasteiger partial charge in [0.15, 0.2) is 0 Å². The zero-order chi connectivity index (χ0) is 13.8. The summed E-state index contributed by atoms with van der Waals surface area (Å²) >= 11 is 0. The summed E-state index contributed by atoms with van der Waals surface area (Å²) in [6.07, 6.45) is 0.635. The third-order valence-corrected chi connectivity index (χ3v) is 3.34. The maximum atomic E-state index is 13.5. The second kappa shape index (κ2) is 7.55. The molecular formula is C14H19ClF2N2O. The van der Waals surface area contributed by atoms with Crippen LogP contribution in [0.5, 0.6) is 0 Å². The number of halogens is 3. The molecule has 0 saturated heterocycles. The molecule has 1 saturated carbocycles. The molecule has 2 rings (SSSR count). The van der Waals surface area contributed by atoms with Crippen LogP contribution in [0.4, 0.5) is 8.78 Å². The van der Waals surface area contributed by atoms with E-state index in [0.717, 1.165) is 19.2 Å². The van der Waals surface area contributed by atoms with Gasteiger partial charge in [0.25, 0.3) is 0 Å². The van der Waals surface area contributed by atoms with Crippen LogP contribution < -0.4 is 10.6 Å². The van der Waals surface area contributed by atoms with Crippen LogP contribution in [0.1, 0.15) is 24.8 Å². The van der Waals surface area contributed by atoms with E-state index in [-0.39, 0.29) is 30.2 Å². The normalized spacial score (nSPS) is 20.1. The van der Waals surface area contributed by atoms with Gasteiger partial charge in [-0.25, -0.2) is 8.78 Å². The first kappa shape index (κ1) is 16.9. The van der Waals surface area contributed by atoms with Crippen molar-refractivity contribution in [1.82, 2.24) is 10.6 Å². The molecule has 2 N–H and O–H groups in total. The fourth-order valence-corrected chi connectivity index (χ4v) is 2.21. The maximum Gasteiger partial charge on any atom is 0.223 e. The lowest BCUT2D eigenvalue weighted by Gasteiger charge is -2.06. The molecule has 6 heteroatoms. The topological polar surface area (TPSA) is 41.1 Å². The molecule has 0 radical (unpaired) electrons. The van der Waals surface area contributed by atoms with Gasteiger partial charge in [0, 0.05) is 25.1 Å². The van der Waals surface area contributed by atoms with E-state index in [4.69, 9.17) is 0 Å². The molecule has 112 valence electrons.